The van der Waals surface area contributed by atoms with Gasteiger partial charge in [0.15, 0.2) is 0 Å². The molecule has 3 heteroatoms. The van der Waals surface area contributed by atoms with Crippen molar-refractivity contribution in [2.75, 3.05) is 26.2 Å². The second kappa shape index (κ2) is 7.96. The number of aryl methyl sites for hydroxylation is 1. The van der Waals surface area contributed by atoms with E-state index in [-0.39, 0.29) is 5.91 Å². The molecule has 1 aliphatic heterocycles. The minimum Gasteiger partial charge on any atom is -0.336 e. The fourth-order valence-corrected chi connectivity index (χ4v) is 3.62. The van der Waals surface area contributed by atoms with Crippen LogP contribution in [0.15, 0.2) is 24.3 Å². The number of benzene rings is 1. The molecule has 2 fully saturated rings. The summed E-state index contributed by atoms with van der Waals surface area (Å²) >= 11 is 0. The van der Waals surface area contributed by atoms with E-state index in [2.05, 4.69) is 24.0 Å². The van der Waals surface area contributed by atoms with Gasteiger partial charge in [-0.1, -0.05) is 38.3 Å². The highest BCUT2D eigenvalue weighted by Crippen LogP contribution is 2.25. The summed E-state index contributed by atoms with van der Waals surface area (Å²) in [6.07, 6.45) is 9.00. The van der Waals surface area contributed by atoms with Crippen molar-refractivity contribution in [3.8, 4) is 0 Å². The maximum atomic E-state index is 12.6. The van der Waals surface area contributed by atoms with Gasteiger partial charge in [-0.2, -0.15) is 0 Å². The largest absolute Gasteiger partial charge is 0.336 e. The minimum atomic E-state index is 0.207. The number of unbranched alkanes of at least 4 members (excludes halogenated alkanes) is 2. The number of amides is 1. The zero-order chi connectivity index (χ0) is 16.1. The van der Waals surface area contributed by atoms with Crippen molar-refractivity contribution in [1.82, 2.24) is 9.80 Å². The molecule has 1 aromatic carbocycles. The molecular weight excluding hydrogens is 284 g/mol. The van der Waals surface area contributed by atoms with Gasteiger partial charge in [-0.15, -0.1) is 0 Å². The fraction of sp³-hybridized carbons (Fsp3) is 0.650. The summed E-state index contributed by atoms with van der Waals surface area (Å²) in [5.74, 6) is 0.207. The molecular formula is C20H30N2O. The van der Waals surface area contributed by atoms with Gasteiger partial charge in [0.05, 0.1) is 0 Å². The average Bonchev–Trinajstić information content (AvgIpc) is 2.54. The Bertz CT molecular complexity index is 499. The van der Waals surface area contributed by atoms with E-state index in [1.54, 1.807) is 0 Å². The molecule has 1 amide bonds. The van der Waals surface area contributed by atoms with E-state index < -0.39 is 0 Å². The lowest BCUT2D eigenvalue weighted by Gasteiger charge is -2.42. The minimum absolute atomic E-state index is 0.207. The Morgan fingerprint density at radius 2 is 1.74 bits per heavy atom. The molecule has 3 rings (SSSR count). The molecule has 0 N–H and O–H groups in total. The Morgan fingerprint density at radius 1 is 1.04 bits per heavy atom. The quantitative estimate of drug-likeness (QED) is 0.747. The first-order valence-corrected chi connectivity index (χ1v) is 9.40. The second-order valence-corrected chi connectivity index (χ2v) is 7.07. The molecule has 1 aliphatic carbocycles. The SMILES string of the molecule is CCCCCc1ccc(C(=O)N2CCN(C3CCC3)CC2)cc1. The maximum Gasteiger partial charge on any atom is 0.253 e. The summed E-state index contributed by atoms with van der Waals surface area (Å²) in [6.45, 7) is 6.09. The van der Waals surface area contributed by atoms with E-state index in [4.69, 9.17) is 0 Å². The van der Waals surface area contributed by atoms with Gasteiger partial charge in [0, 0.05) is 37.8 Å². The molecule has 126 valence electrons. The van der Waals surface area contributed by atoms with E-state index in [0.717, 1.165) is 44.2 Å². The lowest BCUT2D eigenvalue weighted by molar-refractivity contribution is 0.0455. The average molecular weight is 314 g/mol. The smallest absolute Gasteiger partial charge is 0.253 e. The van der Waals surface area contributed by atoms with Crippen molar-refractivity contribution in [2.24, 2.45) is 0 Å². The highest BCUT2D eigenvalue weighted by Gasteiger charge is 2.29. The van der Waals surface area contributed by atoms with Crippen molar-refractivity contribution in [3.05, 3.63) is 35.4 Å². The number of hydrogen-bond donors (Lipinski definition) is 0. The van der Waals surface area contributed by atoms with Crippen molar-refractivity contribution < 1.29 is 4.79 Å². The highest BCUT2D eigenvalue weighted by atomic mass is 16.2. The topological polar surface area (TPSA) is 23.6 Å². The number of carbonyl (C=O) groups is 1. The van der Waals surface area contributed by atoms with Gasteiger partial charge in [-0.3, -0.25) is 9.69 Å². The summed E-state index contributed by atoms with van der Waals surface area (Å²) in [4.78, 5) is 17.2. The molecule has 1 saturated heterocycles. The Kier molecular flexibility index (Phi) is 5.71. The van der Waals surface area contributed by atoms with E-state index in [0.29, 0.717) is 0 Å². The van der Waals surface area contributed by atoms with Gasteiger partial charge in [0.25, 0.3) is 5.91 Å². The van der Waals surface area contributed by atoms with Crippen LogP contribution in [0, 0.1) is 0 Å². The van der Waals surface area contributed by atoms with Crippen LogP contribution in [0.5, 0.6) is 0 Å². The third-order valence-electron chi connectivity index (χ3n) is 5.46. The van der Waals surface area contributed by atoms with Gasteiger partial charge in [-0.05, 0) is 43.4 Å². The fourth-order valence-electron chi connectivity index (χ4n) is 3.62. The maximum absolute atomic E-state index is 12.6. The molecule has 3 nitrogen and oxygen atoms in total. The Morgan fingerprint density at radius 3 is 2.30 bits per heavy atom. The van der Waals surface area contributed by atoms with Gasteiger partial charge >= 0.3 is 0 Å². The lowest BCUT2D eigenvalue weighted by Crippen LogP contribution is -2.53. The monoisotopic (exact) mass is 314 g/mol. The Balaban J connectivity index is 1.49. The number of carbonyl (C=O) groups excluding carboxylic acids is 1. The van der Waals surface area contributed by atoms with Gasteiger partial charge in [0.1, 0.15) is 0 Å². The predicted molar refractivity (Wildman–Crippen MR) is 94.8 cm³/mol. The van der Waals surface area contributed by atoms with Crippen LogP contribution in [0.4, 0.5) is 0 Å². The van der Waals surface area contributed by atoms with E-state index in [1.165, 1.54) is 44.1 Å². The van der Waals surface area contributed by atoms with E-state index in [1.807, 2.05) is 17.0 Å². The molecule has 1 aromatic rings. The van der Waals surface area contributed by atoms with Crippen LogP contribution >= 0.6 is 0 Å². The van der Waals surface area contributed by atoms with Crippen molar-refractivity contribution in [3.63, 3.8) is 0 Å². The normalized spacial score (nSPS) is 19.6. The molecule has 0 bridgehead atoms. The van der Waals surface area contributed by atoms with Crippen LogP contribution in [-0.2, 0) is 6.42 Å². The molecule has 1 saturated carbocycles. The van der Waals surface area contributed by atoms with Gasteiger partial charge in [0.2, 0.25) is 0 Å². The summed E-state index contributed by atoms with van der Waals surface area (Å²) in [7, 11) is 0. The van der Waals surface area contributed by atoms with Crippen LogP contribution in [0.2, 0.25) is 0 Å². The summed E-state index contributed by atoms with van der Waals surface area (Å²) < 4.78 is 0. The Labute approximate surface area is 140 Å². The summed E-state index contributed by atoms with van der Waals surface area (Å²) in [6, 6.07) is 9.10. The molecule has 0 atom stereocenters. The van der Waals surface area contributed by atoms with Crippen LogP contribution in [0.1, 0.15) is 61.4 Å². The van der Waals surface area contributed by atoms with Crippen LogP contribution in [0.25, 0.3) is 0 Å². The van der Waals surface area contributed by atoms with Crippen LogP contribution < -0.4 is 0 Å². The number of piperazine rings is 1. The zero-order valence-electron chi connectivity index (χ0n) is 14.5. The third kappa shape index (κ3) is 4.14. The zero-order valence-corrected chi connectivity index (χ0v) is 14.5. The predicted octanol–water partition coefficient (Wildman–Crippen LogP) is 3.73. The molecule has 0 radical (unpaired) electrons. The molecule has 23 heavy (non-hydrogen) atoms. The third-order valence-corrected chi connectivity index (χ3v) is 5.46. The Hall–Kier alpha value is -1.35. The molecule has 2 aliphatic rings. The molecule has 1 heterocycles. The number of hydrogen-bond acceptors (Lipinski definition) is 2. The first-order chi connectivity index (χ1) is 11.3. The van der Waals surface area contributed by atoms with Gasteiger partial charge in [-0.25, -0.2) is 0 Å². The highest BCUT2D eigenvalue weighted by molar-refractivity contribution is 5.94. The lowest BCUT2D eigenvalue weighted by atomic mass is 9.91. The molecule has 0 unspecified atom stereocenters. The number of rotatable bonds is 6. The van der Waals surface area contributed by atoms with Gasteiger partial charge < -0.3 is 4.90 Å². The standard InChI is InChI=1S/C20H30N2O/c1-2-3-4-6-17-9-11-18(12-10-17)20(23)22-15-13-21(14-16-22)19-7-5-8-19/h9-12,19H,2-8,13-16H2,1H3. The van der Waals surface area contributed by atoms with Crippen LogP contribution in [0.3, 0.4) is 0 Å². The van der Waals surface area contributed by atoms with Crippen molar-refractivity contribution in [1.29, 1.82) is 0 Å². The van der Waals surface area contributed by atoms with Crippen molar-refractivity contribution in [2.45, 2.75) is 57.9 Å². The second-order valence-electron chi connectivity index (χ2n) is 7.07. The summed E-state index contributed by atoms with van der Waals surface area (Å²) in [5.41, 5.74) is 2.20. The van der Waals surface area contributed by atoms with Crippen LogP contribution in [-0.4, -0.2) is 47.9 Å². The summed E-state index contributed by atoms with van der Waals surface area (Å²) in [5, 5.41) is 0. The first kappa shape index (κ1) is 16.5. The van der Waals surface area contributed by atoms with Crippen molar-refractivity contribution >= 4 is 5.91 Å². The molecule has 0 spiro atoms. The molecule has 0 aromatic heterocycles. The van der Waals surface area contributed by atoms with E-state index >= 15 is 0 Å². The number of nitrogens with zero attached hydrogens (tertiary/aromatic N) is 2. The first-order valence-electron chi connectivity index (χ1n) is 9.40. The van der Waals surface area contributed by atoms with E-state index in [9.17, 15) is 4.79 Å².